The Labute approximate surface area is 130 Å². The van der Waals surface area contributed by atoms with Gasteiger partial charge >= 0.3 is 0 Å². The van der Waals surface area contributed by atoms with Crippen molar-refractivity contribution in [3.63, 3.8) is 0 Å². The van der Waals surface area contributed by atoms with Crippen LogP contribution >= 0.6 is 0 Å². The molecule has 1 heterocycles. The van der Waals surface area contributed by atoms with Crippen LogP contribution in [0.4, 0.5) is 5.69 Å². The van der Waals surface area contributed by atoms with Crippen molar-refractivity contribution in [3.05, 3.63) is 42.0 Å². The van der Waals surface area contributed by atoms with E-state index in [1.165, 1.54) is 0 Å². The largest absolute Gasteiger partial charge is 0.326 e. The number of aryl methyl sites for hydroxylation is 1. The summed E-state index contributed by atoms with van der Waals surface area (Å²) in [4.78, 5) is 16.4. The summed E-state index contributed by atoms with van der Waals surface area (Å²) in [5, 5.41) is 6.19. The zero-order valence-electron chi connectivity index (χ0n) is 13.3. The van der Waals surface area contributed by atoms with Crippen LogP contribution in [0.25, 0.3) is 5.69 Å². The summed E-state index contributed by atoms with van der Waals surface area (Å²) < 4.78 is 2.05. The molecule has 5 heteroatoms. The number of rotatable bonds is 4. The maximum atomic E-state index is 12.1. The third-order valence-electron chi connectivity index (χ3n) is 4.58. The zero-order chi connectivity index (χ0) is 15.7. The van der Waals surface area contributed by atoms with Gasteiger partial charge in [0.05, 0.1) is 12.0 Å². The molecule has 3 rings (SSSR count). The van der Waals surface area contributed by atoms with E-state index in [1.807, 2.05) is 56.1 Å². The molecule has 0 bridgehead atoms. The number of benzene rings is 1. The minimum Gasteiger partial charge on any atom is -0.326 e. The molecule has 1 aromatic carbocycles. The fraction of sp³-hybridized carbons (Fsp3) is 0.412. The van der Waals surface area contributed by atoms with Gasteiger partial charge in [-0.2, -0.15) is 0 Å². The van der Waals surface area contributed by atoms with Crippen molar-refractivity contribution in [3.8, 4) is 5.69 Å². The Balaban J connectivity index is 1.65. The van der Waals surface area contributed by atoms with Crippen molar-refractivity contribution in [1.82, 2.24) is 14.9 Å². The standard InChI is InChI=1S/C17H22N4O/c1-11-12(2)21(10-19-11)16-6-4-14(5-7-16)20-17(22)13-8-15(9-13)18-3/h4-7,10,13,15,18H,8-9H2,1-3H3,(H,20,22). The Hall–Kier alpha value is -2.14. The molecule has 0 unspecified atom stereocenters. The highest BCUT2D eigenvalue weighted by atomic mass is 16.1. The lowest BCUT2D eigenvalue weighted by Gasteiger charge is -2.33. The summed E-state index contributed by atoms with van der Waals surface area (Å²) in [7, 11) is 1.94. The summed E-state index contributed by atoms with van der Waals surface area (Å²) in [6.07, 6.45) is 3.67. The molecule has 0 radical (unpaired) electrons. The molecule has 1 amide bonds. The second kappa shape index (κ2) is 5.93. The second-order valence-electron chi connectivity index (χ2n) is 5.98. The molecule has 1 fully saturated rings. The van der Waals surface area contributed by atoms with E-state index in [-0.39, 0.29) is 11.8 Å². The Morgan fingerprint density at radius 3 is 2.45 bits per heavy atom. The minimum absolute atomic E-state index is 0.119. The quantitative estimate of drug-likeness (QED) is 0.911. The third-order valence-corrected chi connectivity index (χ3v) is 4.58. The van der Waals surface area contributed by atoms with E-state index >= 15 is 0 Å². The first-order valence-electron chi connectivity index (χ1n) is 7.67. The van der Waals surface area contributed by atoms with Crippen LogP contribution in [0.2, 0.25) is 0 Å². The van der Waals surface area contributed by atoms with Crippen molar-refractivity contribution in [2.75, 3.05) is 12.4 Å². The SMILES string of the molecule is CNC1CC(C(=O)Nc2ccc(-n3cnc(C)c3C)cc2)C1. The van der Waals surface area contributed by atoms with Gasteiger partial charge in [0.15, 0.2) is 0 Å². The third kappa shape index (κ3) is 2.76. The highest BCUT2D eigenvalue weighted by molar-refractivity contribution is 5.93. The summed E-state index contributed by atoms with van der Waals surface area (Å²) >= 11 is 0. The van der Waals surface area contributed by atoms with Gasteiger partial charge in [0.25, 0.3) is 0 Å². The van der Waals surface area contributed by atoms with Crippen molar-refractivity contribution in [2.24, 2.45) is 5.92 Å². The van der Waals surface area contributed by atoms with Crippen LogP contribution in [0.3, 0.4) is 0 Å². The number of imidazole rings is 1. The van der Waals surface area contributed by atoms with Crippen molar-refractivity contribution < 1.29 is 4.79 Å². The van der Waals surface area contributed by atoms with Gasteiger partial charge in [-0.25, -0.2) is 4.98 Å². The summed E-state index contributed by atoms with van der Waals surface area (Å²) in [6.45, 7) is 4.05. The van der Waals surface area contributed by atoms with E-state index in [4.69, 9.17) is 0 Å². The Bertz CT molecular complexity index is 668. The van der Waals surface area contributed by atoms with E-state index in [9.17, 15) is 4.79 Å². The molecule has 0 saturated heterocycles. The highest BCUT2D eigenvalue weighted by Gasteiger charge is 2.33. The molecule has 22 heavy (non-hydrogen) atoms. The van der Waals surface area contributed by atoms with Crippen LogP contribution in [0, 0.1) is 19.8 Å². The maximum Gasteiger partial charge on any atom is 0.227 e. The zero-order valence-corrected chi connectivity index (χ0v) is 13.3. The summed E-state index contributed by atoms with van der Waals surface area (Å²) in [5.41, 5.74) is 4.05. The number of nitrogens with one attached hydrogen (secondary N) is 2. The molecule has 1 aliphatic rings. The first-order chi connectivity index (χ1) is 10.6. The summed E-state index contributed by atoms with van der Waals surface area (Å²) in [6, 6.07) is 8.37. The highest BCUT2D eigenvalue weighted by Crippen LogP contribution is 2.28. The van der Waals surface area contributed by atoms with Gasteiger partial charge in [-0.3, -0.25) is 4.79 Å². The van der Waals surface area contributed by atoms with Crippen LogP contribution in [-0.4, -0.2) is 28.5 Å². The van der Waals surface area contributed by atoms with Crippen molar-refractivity contribution >= 4 is 11.6 Å². The fourth-order valence-corrected chi connectivity index (χ4v) is 2.78. The van der Waals surface area contributed by atoms with Crippen molar-refractivity contribution in [1.29, 1.82) is 0 Å². The predicted octanol–water partition coefficient (Wildman–Crippen LogP) is 2.43. The maximum absolute atomic E-state index is 12.1. The topological polar surface area (TPSA) is 59.0 Å². The lowest BCUT2D eigenvalue weighted by atomic mass is 9.80. The fourth-order valence-electron chi connectivity index (χ4n) is 2.78. The molecule has 0 atom stereocenters. The van der Waals surface area contributed by atoms with Crippen molar-refractivity contribution in [2.45, 2.75) is 32.7 Å². The number of hydrogen-bond donors (Lipinski definition) is 2. The van der Waals surface area contributed by atoms with Gasteiger partial charge in [0, 0.05) is 29.0 Å². The van der Waals surface area contributed by atoms with Gasteiger partial charge in [-0.15, -0.1) is 0 Å². The normalized spacial score (nSPS) is 20.5. The Morgan fingerprint density at radius 2 is 1.91 bits per heavy atom. The molecular weight excluding hydrogens is 276 g/mol. The van der Waals surface area contributed by atoms with E-state index in [0.29, 0.717) is 6.04 Å². The van der Waals surface area contributed by atoms with Gasteiger partial charge in [0.2, 0.25) is 5.91 Å². The van der Waals surface area contributed by atoms with E-state index in [1.54, 1.807) is 0 Å². The Kier molecular flexibility index (Phi) is 3.98. The smallest absolute Gasteiger partial charge is 0.227 e. The number of anilines is 1. The number of aromatic nitrogens is 2. The molecule has 1 aliphatic carbocycles. The first-order valence-corrected chi connectivity index (χ1v) is 7.67. The number of nitrogens with zero attached hydrogens (tertiary/aromatic N) is 2. The molecule has 1 saturated carbocycles. The second-order valence-corrected chi connectivity index (χ2v) is 5.98. The molecule has 0 aliphatic heterocycles. The lowest BCUT2D eigenvalue weighted by molar-refractivity contribution is -0.122. The van der Waals surface area contributed by atoms with Crippen LogP contribution in [0.5, 0.6) is 0 Å². The van der Waals surface area contributed by atoms with Crippen LogP contribution in [0.1, 0.15) is 24.2 Å². The van der Waals surface area contributed by atoms with E-state index in [0.717, 1.165) is 35.6 Å². The molecule has 116 valence electrons. The van der Waals surface area contributed by atoms with Crippen LogP contribution < -0.4 is 10.6 Å². The molecule has 5 nitrogen and oxygen atoms in total. The van der Waals surface area contributed by atoms with Gasteiger partial charge in [-0.05, 0) is 58.0 Å². The first kappa shape index (κ1) is 14.8. The van der Waals surface area contributed by atoms with Crippen LogP contribution in [0.15, 0.2) is 30.6 Å². The monoisotopic (exact) mass is 298 g/mol. The molecule has 2 aromatic rings. The van der Waals surface area contributed by atoms with Gasteiger partial charge < -0.3 is 15.2 Å². The van der Waals surface area contributed by atoms with E-state index in [2.05, 4.69) is 15.6 Å². The number of carbonyl (C=O) groups excluding carboxylic acids is 1. The Morgan fingerprint density at radius 1 is 1.23 bits per heavy atom. The lowest BCUT2D eigenvalue weighted by Crippen LogP contribution is -2.44. The van der Waals surface area contributed by atoms with Crippen LogP contribution in [-0.2, 0) is 4.79 Å². The van der Waals surface area contributed by atoms with E-state index < -0.39 is 0 Å². The predicted molar refractivity (Wildman–Crippen MR) is 87.2 cm³/mol. The summed E-state index contributed by atoms with van der Waals surface area (Å²) in [5.74, 6) is 0.254. The number of amides is 1. The molecular formula is C17H22N4O. The molecule has 1 aromatic heterocycles. The number of carbonyl (C=O) groups is 1. The van der Waals surface area contributed by atoms with Gasteiger partial charge in [0.1, 0.15) is 0 Å². The molecule has 0 spiro atoms. The number of hydrogen-bond acceptors (Lipinski definition) is 3. The molecule has 2 N–H and O–H groups in total. The van der Waals surface area contributed by atoms with Gasteiger partial charge in [-0.1, -0.05) is 0 Å². The average Bonchev–Trinajstić information content (AvgIpc) is 2.79. The average molecular weight is 298 g/mol. The minimum atomic E-state index is 0.119.